The van der Waals surface area contributed by atoms with Crippen LogP contribution in [0.5, 0.6) is 5.75 Å². The third-order valence-electron chi connectivity index (χ3n) is 3.50. The lowest BCUT2D eigenvalue weighted by Gasteiger charge is -2.17. The van der Waals surface area contributed by atoms with Crippen LogP contribution in [0.15, 0.2) is 48.5 Å². The van der Waals surface area contributed by atoms with E-state index in [1.165, 1.54) is 17.7 Å². The Balaban J connectivity index is 2.01. The Morgan fingerprint density at radius 3 is 2.42 bits per heavy atom. The molecule has 0 bridgehead atoms. The molecule has 0 radical (unpaired) electrons. The average molecular weight is 334 g/mol. The number of carbonyl (C=O) groups excluding carboxylic acids is 1. The van der Waals surface area contributed by atoms with Gasteiger partial charge in [0.1, 0.15) is 11.8 Å². The Bertz CT molecular complexity index is 675. The van der Waals surface area contributed by atoms with E-state index in [0.29, 0.717) is 0 Å². The van der Waals surface area contributed by atoms with Crippen molar-refractivity contribution in [2.45, 2.75) is 32.9 Å². The number of nitrogens with one attached hydrogen (secondary N) is 2. The predicted octanol–water partition coefficient (Wildman–Crippen LogP) is 4.29. The minimum atomic E-state index is -2.95. The van der Waals surface area contributed by atoms with Crippen molar-refractivity contribution in [1.82, 2.24) is 0 Å². The van der Waals surface area contributed by atoms with Gasteiger partial charge in [0.2, 0.25) is 5.91 Å². The first-order valence-electron chi connectivity index (χ1n) is 7.69. The standard InChI is InChI=1S/C18H20F2N2O2/c1-3-13-8-10-14(11-9-13)21-12(2)17(23)22-15-6-4-5-7-16(15)24-18(19)20/h4-12,18,21H,3H2,1-2H3,(H,22,23)/t12-/m1/s1. The average Bonchev–Trinajstić information content (AvgIpc) is 2.56. The highest BCUT2D eigenvalue weighted by molar-refractivity contribution is 5.97. The second-order valence-electron chi connectivity index (χ2n) is 5.28. The molecule has 128 valence electrons. The minimum absolute atomic E-state index is 0.0691. The molecular weight excluding hydrogens is 314 g/mol. The van der Waals surface area contributed by atoms with Crippen molar-refractivity contribution in [3.05, 3.63) is 54.1 Å². The first-order chi connectivity index (χ1) is 11.5. The molecule has 2 aromatic carbocycles. The number of alkyl halides is 2. The van der Waals surface area contributed by atoms with E-state index in [9.17, 15) is 13.6 Å². The Morgan fingerprint density at radius 2 is 1.79 bits per heavy atom. The van der Waals surface area contributed by atoms with Crippen molar-refractivity contribution in [3.63, 3.8) is 0 Å². The zero-order valence-electron chi connectivity index (χ0n) is 13.6. The lowest BCUT2D eigenvalue weighted by atomic mass is 10.1. The Hall–Kier alpha value is -2.63. The number of hydrogen-bond donors (Lipinski definition) is 2. The van der Waals surface area contributed by atoms with E-state index >= 15 is 0 Å². The van der Waals surface area contributed by atoms with Gasteiger partial charge in [-0.05, 0) is 43.2 Å². The lowest BCUT2D eigenvalue weighted by molar-refractivity contribution is -0.116. The van der Waals surface area contributed by atoms with E-state index in [2.05, 4.69) is 22.3 Å². The first kappa shape index (κ1) is 17.7. The van der Waals surface area contributed by atoms with Gasteiger partial charge in [-0.2, -0.15) is 8.78 Å². The first-order valence-corrected chi connectivity index (χ1v) is 7.69. The van der Waals surface area contributed by atoms with Crippen LogP contribution in [0.1, 0.15) is 19.4 Å². The fourth-order valence-electron chi connectivity index (χ4n) is 2.16. The molecule has 4 nitrogen and oxygen atoms in total. The fourth-order valence-corrected chi connectivity index (χ4v) is 2.16. The maximum absolute atomic E-state index is 12.4. The van der Waals surface area contributed by atoms with E-state index in [4.69, 9.17) is 0 Å². The number of rotatable bonds is 7. The smallest absolute Gasteiger partial charge is 0.387 e. The van der Waals surface area contributed by atoms with Crippen LogP contribution in [-0.4, -0.2) is 18.6 Å². The number of halogens is 2. The van der Waals surface area contributed by atoms with Crippen LogP contribution in [0.25, 0.3) is 0 Å². The lowest BCUT2D eigenvalue weighted by Crippen LogP contribution is -2.32. The zero-order valence-corrected chi connectivity index (χ0v) is 13.6. The molecule has 1 amide bonds. The maximum Gasteiger partial charge on any atom is 0.387 e. The van der Waals surface area contributed by atoms with Crippen molar-refractivity contribution in [2.24, 2.45) is 0 Å². The highest BCUT2D eigenvalue weighted by atomic mass is 19.3. The predicted molar refractivity (Wildman–Crippen MR) is 90.6 cm³/mol. The van der Waals surface area contributed by atoms with Gasteiger partial charge in [0.25, 0.3) is 0 Å². The van der Waals surface area contributed by atoms with Gasteiger partial charge in [-0.1, -0.05) is 31.2 Å². The van der Waals surface area contributed by atoms with Crippen LogP contribution in [-0.2, 0) is 11.2 Å². The van der Waals surface area contributed by atoms with Crippen LogP contribution < -0.4 is 15.4 Å². The molecule has 0 aliphatic rings. The molecule has 0 saturated carbocycles. The Kier molecular flexibility index (Phi) is 6.12. The van der Waals surface area contributed by atoms with E-state index in [1.807, 2.05) is 24.3 Å². The van der Waals surface area contributed by atoms with Crippen molar-refractivity contribution in [2.75, 3.05) is 10.6 Å². The number of amides is 1. The van der Waals surface area contributed by atoms with Gasteiger partial charge >= 0.3 is 6.61 Å². The van der Waals surface area contributed by atoms with Crippen LogP contribution in [0.4, 0.5) is 20.2 Å². The van der Waals surface area contributed by atoms with Gasteiger partial charge in [0, 0.05) is 5.69 Å². The largest absolute Gasteiger partial charge is 0.433 e. The molecule has 0 saturated heterocycles. The third-order valence-corrected chi connectivity index (χ3v) is 3.50. The summed E-state index contributed by atoms with van der Waals surface area (Å²) >= 11 is 0. The monoisotopic (exact) mass is 334 g/mol. The van der Waals surface area contributed by atoms with Crippen molar-refractivity contribution in [1.29, 1.82) is 0 Å². The quantitative estimate of drug-likeness (QED) is 0.794. The molecule has 0 aromatic heterocycles. The highest BCUT2D eigenvalue weighted by Gasteiger charge is 2.16. The highest BCUT2D eigenvalue weighted by Crippen LogP contribution is 2.25. The van der Waals surface area contributed by atoms with E-state index in [0.717, 1.165) is 12.1 Å². The number of para-hydroxylation sites is 2. The Labute approximate surface area is 139 Å². The molecule has 0 aliphatic heterocycles. The Morgan fingerprint density at radius 1 is 1.12 bits per heavy atom. The molecule has 0 heterocycles. The topological polar surface area (TPSA) is 50.4 Å². The molecular formula is C18H20F2N2O2. The van der Waals surface area contributed by atoms with Gasteiger partial charge in [0.15, 0.2) is 0 Å². The van der Waals surface area contributed by atoms with Gasteiger partial charge in [-0.3, -0.25) is 4.79 Å². The summed E-state index contributed by atoms with van der Waals surface area (Å²) in [5, 5.41) is 5.67. The van der Waals surface area contributed by atoms with Crippen molar-refractivity contribution >= 4 is 17.3 Å². The van der Waals surface area contributed by atoms with Gasteiger partial charge in [-0.25, -0.2) is 0 Å². The van der Waals surface area contributed by atoms with Gasteiger partial charge in [0.05, 0.1) is 5.69 Å². The van der Waals surface area contributed by atoms with Crippen molar-refractivity contribution in [3.8, 4) is 5.75 Å². The summed E-state index contributed by atoms with van der Waals surface area (Å²) < 4.78 is 29.2. The van der Waals surface area contributed by atoms with E-state index < -0.39 is 12.7 Å². The molecule has 0 aliphatic carbocycles. The molecule has 0 spiro atoms. The number of aryl methyl sites for hydroxylation is 1. The second-order valence-corrected chi connectivity index (χ2v) is 5.28. The summed E-state index contributed by atoms with van der Waals surface area (Å²) in [5.41, 5.74) is 2.22. The number of benzene rings is 2. The summed E-state index contributed by atoms with van der Waals surface area (Å²) in [6, 6.07) is 13.3. The van der Waals surface area contributed by atoms with Crippen LogP contribution >= 0.6 is 0 Å². The number of hydrogen-bond acceptors (Lipinski definition) is 3. The third kappa shape index (κ3) is 4.94. The molecule has 2 rings (SSSR count). The molecule has 24 heavy (non-hydrogen) atoms. The number of carbonyl (C=O) groups is 1. The normalized spacial score (nSPS) is 11.9. The number of ether oxygens (including phenoxy) is 1. The summed E-state index contributed by atoms with van der Waals surface area (Å²) in [5.74, 6) is -0.416. The van der Waals surface area contributed by atoms with Crippen LogP contribution in [0.3, 0.4) is 0 Å². The molecule has 6 heteroatoms. The zero-order chi connectivity index (χ0) is 17.5. The maximum atomic E-state index is 12.4. The number of anilines is 2. The van der Waals surface area contributed by atoms with Gasteiger partial charge < -0.3 is 15.4 Å². The van der Waals surface area contributed by atoms with Crippen LogP contribution in [0.2, 0.25) is 0 Å². The molecule has 2 aromatic rings. The molecule has 0 unspecified atom stereocenters. The molecule has 1 atom stereocenters. The second kappa shape index (κ2) is 8.29. The SMILES string of the molecule is CCc1ccc(N[C@H](C)C(=O)Nc2ccccc2OC(F)F)cc1. The van der Waals surface area contributed by atoms with E-state index in [1.54, 1.807) is 19.1 Å². The van der Waals surface area contributed by atoms with Crippen LogP contribution in [0, 0.1) is 0 Å². The summed E-state index contributed by atoms with van der Waals surface area (Å²) in [4.78, 5) is 12.3. The summed E-state index contributed by atoms with van der Waals surface area (Å²) in [7, 11) is 0. The van der Waals surface area contributed by atoms with Crippen molar-refractivity contribution < 1.29 is 18.3 Å². The minimum Gasteiger partial charge on any atom is -0.433 e. The summed E-state index contributed by atoms with van der Waals surface area (Å²) in [6.07, 6.45) is 0.942. The van der Waals surface area contributed by atoms with Gasteiger partial charge in [-0.15, -0.1) is 0 Å². The summed E-state index contributed by atoms with van der Waals surface area (Å²) in [6.45, 7) is 0.813. The fraction of sp³-hybridized carbons (Fsp3) is 0.278. The molecule has 2 N–H and O–H groups in total. The molecule has 0 fully saturated rings. The van der Waals surface area contributed by atoms with E-state index in [-0.39, 0.29) is 17.3 Å².